The summed E-state index contributed by atoms with van der Waals surface area (Å²) in [6, 6.07) is 6.74. The van der Waals surface area contributed by atoms with E-state index in [4.69, 9.17) is 5.10 Å². The highest BCUT2D eigenvalue weighted by atomic mass is 79.9. The van der Waals surface area contributed by atoms with Gasteiger partial charge in [-0.2, -0.15) is 5.10 Å². The number of hydrogen-bond acceptors (Lipinski definition) is 2. The molecule has 0 aliphatic carbocycles. The lowest BCUT2D eigenvalue weighted by Crippen LogP contribution is -2.59. The molecular weight excluding hydrogens is 326 g/mol. The number of aromatic nitrogens is 2. The maximum Gasteiger partial charge on any atom is 0.0934 e. The number of hydrogen-bond donors (Lipinski definition) is 0. The van der Waals surface area contributed by atoms with Crippen LogP contribution in [0.5, 0.6) is 0 Å². The number of likely N-dealkylation sites (tertiary alicyclic amines) is 1. The number of rotatable bonds is 1. The van der Waals surface area contributed by atoms with E-state index in [0.717, 1.165) is 23.0 Å². The molecule has 21 heavy (non-hydrogen) atoms. The highest BCUT2D eigenvalue weighted by Crippen LogP contribution is 2.49. The molecule has 0 saturated carbocycles. The summed E-state index contributed by atoms with van der Waals surface area (Å²) < 4.78 is 3.29. The molecule has 3 rings (SSSR count). The molecule has 1 atom stereocenters. The molecule has 1 aliphatic rings. The van der Waals surface area contributed by atoms with E-state index < -0.39 is 0 Å². The van der Waals surface area contributed by atoms with Crippen molar-refractivity contribution in [2.24, 2.45) is 5.41 Å². The van der Waals surface area contributed by atoms with Gasteiger partial charge in [0.15, 0.2) is 0 Å². The molecule has 0 radical (unpaired) electrons. The Morgan fingerprint density at radius 1 is 1.24 bits per heavy atom. The third kappa shape index (κ3) is 2.23. The molecule has 1 unspecified atom stereocenters. The predicted molar refractivity (Wildman–Crippen MR) is 91.6 cm³/mol. The monoisotopic (exact) mass is 349 g/mol. The van der Waals surface area contributed by atoms with Crippen LogP contribution < -0.4 is 0 Å². The molecule has 114 valence electrons. The van der Waals surface area contributed by atoms with Gasteiger partial charge in [-0.25, -0.2) is 0 Å². The average Bonchev–Trinajstić information content (AvgIpc) is 2.79. The highest BCUT2D eigenvalue weighted by Gasteiger charge is 2.49. The molecule has 1 aliphatic heterocycles. The van der Waals surface area contributed by atoms with Gasteiger partial charge in [0.2, 0.25) is 0 Å². The van der Waals surface area contributed by atoms with Crippen molar-refractivity contribution < 1.29 is 0 Å². The van der Waals surface area contributed by atoms with Gasteiger partial charge in [0.25, 0.3) is 0 Å². The zero-order chi connectivity index (χ0) is 15.4. The largest absolute Gasteiger partial charge is 0.301 e. The minimum atomic E-state index is 0.147. The third-order valence-electron chi connectivity index (χ3n) is 5.91. The van der Waals surface area contributed by atoms with Gasteiger partial charge >= 0.3 is 0 Å². The Hall–Kier alpha value is -0.870. The Morgan fingerprint density at radius 2 is 1.95 bits per heavy atom. The van der Waals surface area contributed by atoms with E-state index in [1.54, 1.807) is 0 Å². The first-order valence-electron chi connectivity index (χ1n) is 7.59. The molecule has 2 aromatic rings. The van der Waals surface area contributed by atoms with Gasteiger partial charge in [0.05, 0.1) is 11.6 Å². The fourth-order valence-electron chi connectivity index (χ4n) is 3.49. The third-order valence-corrected chi connectivity index (χ3v) is 6.40. The first-order chi connectivity index (χ1) is 9.73. The van der Waals surface area contributed by atoms with Crippen molar-refractivity contribution in [2.75, 3.05) is 13.6 Å². The maximum atomic E-state index is 4.85. The molecule has 4 heteroatoms. The summed E-state index contributed by atoms with van der Waals surface area (Å²) in [6.07, 6.45) is 3.34. The predicted octanol–water partition coefficient (Wildman–Crippen LogP) is 4.48. The quantitative estimate of drug-likeness (QED) is 0.756. The van der Waals surface area contributed by atoms with Gasteiger partial charge in [0.1, 0.15) is 0 Å². The van der Waals surface area contributed by atoms with E-state index in [1.165, 1.54) is 5.39 Å². The van der Waals surface area contributed by atoms with Crippen molar-refractivity contribution in [1.29, 1.82) is 0 Å². The van der Waals surface area contributed by atoms with Gasteiger partial charge in [-0.1, -0.05) is 35.8 Å². The Labute approximate surface area is 135 Å². The van der Waals surface area contributed by atoms with Crippen LogP contribution in [-0.2, 0) is 0 Å². The van der Waals surface area contributed by atoms with Gasteiger partial charge in [-0.05, 0) is 39.4 Å². The van der Waals surface area contributed by atoms with Crippen LogP contribution in [0, 0.1) is 5.41 Å². The molecular formula is C17H24BrN3. The fourth-order valence-corrected chi connectivity index (χ4v) is 3.84. The molecule has 3 nitrogen and oxygen atoms in total. The van der Waals surface area contributed by atoms with Gasteiger partial charge in [-0.3, -0.25) is 4.68 Å². The van der Waals surface area contributed by atoms with Crippen molar-refractivity contribution >= 4 is 26.8 Å². The van der Waals surface area contributed by atoms with Crippen LogP contribution in [0.4, 0.5) is 0 Å². The molecule has 1 saturated heterocycles. The van der Waals surface area contributed by atoms with Crippen LogP contribution in [0.15, 0.2) is 28.9 Å². The average molecular weight is 350 g/mol. The Bertz CT molecular complexity index is 672. The smallest absolute Gasteiger partial charge is 0.0934 e. The number of halogens is 1. The van der Waals surface area contributed by atoms with E-state index in [9.17, 15) is 0 Å². The molecule has 2 heterocycles. The van der Waals surface area contributed by atoms with E-state index in [2.05, 4.69) is 84.7 Å². The van der Waals surface area contributed by atoms with Crippen molar-refractivity contribution in [3.8, 4) is 0 Å². The van der Waals surface area contributed by atoms with Gasteiger partial charge in [-0.15, -0.1) is 0 Å². The molecule has 0 amide bonds. The molecule has 0 N–H and O–H groups in total. The number of fused-ring (bicyclic) bond motifs is 1. The molecule has 1 fully saturated rings. The Balaban J connectivity index is 2.05. The second-order valence-corrected chi connectivity index (χ2v) is 8.23. The minimum Gasteiger partial charge on any atom is -0.301 e. The maximum absolute atomic E-state index is 4.85. The van der Waals surface area contributed by atoms with Crippen molar-refractivity contribution in [3.05, 3.63) is 28.9 Å². The zero-order valence-corrected chi connectivity index (χ0v) is 15.1. The van der Waals surface area contributed by atoms with Crippen LogP contribution in [0.1, 0.15) is 40.2 Å². The van der Waals surface area contributed by atoms with Crippen molar-refractivity contribution in [2.45, 2.75) is 45.7 Å². The normalized spacial score (nSPS) is 25.3. The standard InChI is InChI=1S/C17H24BrN3/c1-16(2)15(8-9-20(5)17(16,3)4)21-11-12-6-7-13(18)10-14(12)19-21/h6-7,10-11,15H,8-9H2,1-5H3. The fraction of sp³-hybridized carbons (Fsp3) is 0.588. The molecule has 0 spiro atoms. The highest BCUT2D eigenvalue weighted by molar-refractivity contribution is 9.10. The summed E-state index contributed by atoms with van der Waals surface area (Å²) in [7, 11) is 2.23. The SMILES string of the molecule is CN1CCC(n2cc3ccc(Br)cc3n2)C(C)(C)C1(C)C. The van der Waals surface area contributed by atoms with E-state index in [-0.39, 0.29) is 11.0 Å². The summed E-state index contributed by atoms with van der Waals surface area (Å²) in [6.45, 7) is 10.5. The lowest BCUT2D eigenvalue weighted by molar-refractivity contribution is -0.0546. The molecule has 1 aromatic carbocycles. The minimum absolute atomic E-state index is 0.147. The number of benzene rings is 1. The number of piperidine rings is 1. The van der Waals surface area contributed by atoms with Crippen molar-refractivity contribution in [3.63, 3.8) is 0 Å². The summed E-state index contributed by atoms with van der Waals surface area (Å²) in [5.74, 6) is 0. The molecule has 0 bridgehead atoms. The summed E-state index contributed by atoms with van der Waals surface area (Å²) >= 11 is 3.53. The van der Waals surface area contributed by atoms with Crippen molar-refractivity contribution in [1.82, 2.24) is 14.7 Å². The van der Waals surface area contributed by atoms with E-state index in [0.29, 0.717) is 6.04 Å². The Kier molecular flexibility index (Phi) is 3.45. The van der Waals surface area contributed by atoms with Gasteiger partial charge in [0, 0.05) is 33.6 Å². The van der Waals surface area contributed by atoms with Crippen LogP contribution in [0.3, 0.4) is 0 Å². The first-order valence-corrected chi connectivity index (χ1v) is 8.38. The lowest BCUT2D eigenvalue weighted by Gasteiger charge is -2.56. The summed E-state index contributed by atoms with van der Waals surface area (Å²) in [4.78, 5) is 2.48. The Morgan fingerprint density at radius 3 is 2.67 bits per heavy atom. The van der Waals surface area contributed by atoms with Crippen LogP contribution in [-0.4, -0.2) is 33.8 Å². The summed E-state index contributed by atoms with van der Waals surface area (Å²) in [5.41, 5.74) is 1.37. The molecule has 1 aromatic heterocycles. The second-order valence-electron chi connectivity index (χ2n) is 7.32. The second kappa shape index (κ2) is 4.82. The summed E-state index contributed by atoms with van der Waals surface area (Å²) in [5, 5.41) is 6.07. The van der Waals surface area contributed by atoms with E-state index in [1.807, 2.05) is 0 Å². The van der Waals surface area contributed by atoms with Gasteiger partial charge < -0.3 is 4.90 Å². The lowest BCUT2D eigenvalue weighted by atomic mass is 9.65. The topological polar surface area (TPSA) is 21.1 Å². The zero-order valence-electron chi connectivity index (χ0n) is 13.5. The van der Waals surface area contributed by atoms with Crippen LogP contribution in [0.2, 0.25) is 0 Å². The first kappa shape index (κ1) is 15.0. The van der Waals surface area contributed by atoms with Crippen LogP contribution >= 0.6 is 15.9 Å². The van der Waals surface area contributed by atoms with E-state index >= 15 is 0 Å². The van der Waals surface area contributed by atoms with Crippen LogP contribution in [0.25, 0.3) is 10.9 Å². The number of nitrogens with zero attached hydrogens (tertiary/aromatic N) is 3.